The summed E-state index contributed by atoms with van der Waals surface area (Å²) in [4.78, 5) is 7.94. The molecule has 1 aromatic heterocycles. The van der Waals surface area contributed by atoms with Crippen LogP contribution < -0.4 is 0 Å². The topological polar surface area (TPSA) is 28.7 Å². The fourth-order valence-electron chi connectivity index (χ4n) is 1.59. The minimum atomic E-state index is 0.125. The highest BCUT2D eigenvalue weighted by atomic mass is 14.9. The van der Waals surface area contributed by atoms with Crippen molar-refractivity contribution in [2.75, 3.05) is 0 Å². The van der Waals surface area contributed by atoms with Gasteiger partial charge in [-0.25, -0.2) is 4.98 Å². The zero-order valence-corrected chi connectivity index (χ0v) is 9.83. The quantitative estimate of drug-likeness (QED) is 0.740. The number of hydrogen-bond donors (Lipinski definition) is 1. The normalized spacial score (nSPS) is 17.9. The lowest BCUT2D eigenvalue weighted by Gasteiger charge is -2.12. The van der Waals surface area contributed by atoms with Crippen molar-refractivity contribution in [3.8, 4) is 0 Å². The number of hydrogen-bond acceptors (Lipinski definition) is 1. The second kappa shape index (κ2) is 3.37. The van der Waals surface area contributed by atoms with Crippen molar-refractivity contribution in [3.05, 3.63) is 29.4 Å². The van der Waals surface area contributed by atoms with Crippen LogP contribution in [0.25, 0.3) is 12.2 Å². The highest BCUT2D eigenvalue weighted by Crippen LogP contribution is 2.27. The standard InChI is InChI=1S/C13H18N2/c1-9(2)12-14-10-5-7-13(3,4)8-6-11(10)15-12/h5-9H,1-4H3,(H,14,15). The molecule has 2 heteroatoms. The molecule has 2 rings (SSSR count). The lowest BCUT2D eigenvalue weighted by atomic mass is 9.93. The van der Waals surface area contributed by atoms with E-state index in [1.807, 2.05) is 0 Å². The van der Waals surface area contributed by atoms with Gasteiger partial charge in [0.2, 0.25) is 0 Å². The maximum Gasteiger partial charge on any atom is 0.109 e. The van der Waals surface area contributed by atoms with E-state index >= 15 is 0 Å². The van der Waals surface area contributed by atoms with Gasteiger partial charge in [0, 0.05) is 11.3 Å². The number of allylic oxidation sites excluding steroid dienone is 2. The molecule has 0 bridgehead atoms. The van der Waals surface area contributed by atoms with Gasteiger partial charge in [-0.15, -0.1) is 0 Å². The van der Waals surface area contributed by atoms with E-state index in [0.717, 1.165) is 17.2 Å². The number of nitrogens with one attached hydrogen (secondary N) is 1. The number of H-pyrrole nitrogens is 1. The van der Waals surface area contributed by atoms with Gasteiger partial charge < -0.3 is 4.98 Å². The second-order valence-corrected chi connectivity index (χ2v) is 5.06. The molecule has 0 aromatic carbocycles. The summed E-state index contributed by atoms with van der Waals surface area (Å²) in [7, 11) is 0. The first kappa shape index (κ1) is 10.2. The van der Waals surface area contributed by atoms with Crippen LogP contribution in [0, 0.1) is 5.41 Å². The van der Waals surface area contributed by atoms with Gasteiger partial charge in [-0.3, -0.25) is 0 Å². The van der Waals surface area contributed by atoms with Crippen LogP contribution in [0.3, 0.4) is 0 Å². The third kappa shape index (κ3) is 2.04. The van der Waals surface area contributed by atoms with Crippen LogP contribution in [0.15, 0.2) is 12.2 Å². The molecule has 0 saturated carbocycles. The molecule has 1 N–H and O–H groups in total. The third-order valence-corrected chi connectivity index (χ3v) is 2.68. The van der Waals surface area contributed by atoms with Crippen molar-refractivity contribution >= 4 is 12.2 Å². The minimum Gasteiger partial charge on any atom is -0.342 e. The van der Waals surface area contributed by atoms with Gasteiger partial charge in [0.15, 0.2) is 0 Å². The molecule has 0 radical (unpaired) electrons. The summed E-state index contributed by atoms with van der Waals surface area (Å²) in [6.45, 7) is 8.68. The maximum absolute atomic E-state index is 4.58. The predicted octanol–water partition coefficient (Wildman–Crippen LogP) is 3.60. The summed E-state index contributed by atoms with van der Waals surface area (Å²) >= 11 is 0. The van der Waals surface area contributed by atoms with Crippen LogP contribution in [0.2, 0.25) is 0 Å². The van der Waals surface area contributed by atoms with Crippen LogP contribution in [-0.2, 0) is 0 Å². The van der Waals surface area contributed by atoms with Crippen molar-refractivity contribution in [1.82, 2.24) is 9.97 Å². The van der Waals surface area contributed by atoms with E-state index in [2.05, 4.69) is 62.0 Å². The Bertz CT molecular complexity index is 386. The molecule has 0 spiro atoms. The van der Waals surface area contributed by atoms with Crippen LogP contribution in [0.5, 0.6) is 0 Å². The summed E-state index contributed by atoms with van der Waals surface area (Å²) < 4.78 is 0. The van der Waals surface area contributed by atoms with Gasteiger partial charge in [0.1, 0.15) is 5.82 Å². The molecule has 0 amide bonds. The molecule has 0 saturated heterocycles. The number of fused-ring (bicyclic) bond motifs is 1. The van der Waals surface area contributed by atoms with Crippen molar-refractivity contribution in [2.24, 2.45) is 5.41 Å². The van der Waals surface area contributed by atoms with Crippen molar-refractivity contribution in [2.45, 2.75) is 33.6 Å². The van der Waals surface area contributed by atoms with E-state index in [4.69, 9.17) is 0 Å². The molecule has 1 heterocycles. The minimum absolute atomic E-state index is 0.125. The van der Waals surface area contributed by atoms with Gasteiger partial charge in [-0.2, -0.15) is 0 Å². The van der Waals surface area contributed by atoms with Gasteiger partial charge in [0.05, 0.1) is 11.4 Å². The number of rotatable bonds is 1. The lowest BCUT2D eigenvalue weighted by Crippen LogP contribution is -2.00. The van der Waals surface area contributed by atoms with Crippen molar-refractivity contribution in [1.29, 1.82) is 0 Å². The SMILES string of the molecule is CC(C)c1nc2c([nH]1)C=CC(C)(C)C=C2. The Balaban J connectivity index is 2.42. The average molecular weight is 202 g/mol. The van der Waals surface area contributed by atoms with Crippen LogP contribution in [0.4, 0.5) is 0 Å². The Labute approximate surface area is 91.1 Å². The molecular weight excluding hydrogens is 184 g/mol. The lowest BCUT2D eigenvalue weighted by molar-refractivity contribution is 0.633. The Morgan fingerprint density at radius 1 is 1.20 bits per heavy atom. The van der Waals surface area contributed by atoms with E-state index < -0.39 is 0 Å². The molecule has 0 unspecified atom stereocenters. The fraction of sp³-hybridized carbons (Fsp3) is 0.462. The molecule has 0 atom stereocenters. The van der Waals surface area contributed by atoms with Gasteiger partial charge in [-0.05, 0) is 12.2 Å². The van der Waals surface area contributed by atoms with E-state index in [1.54, 1.807) is 0 Å². The Morgan fingerprint density at radius 3 is 2.53 bits per heavy atom. The van der Waals surface area contributed by atoms with E-state index in [1.165, 1.54) is 0 Å². The van der Waals surface area contributed by atoms with Crippen molar-refractivity contribution < 1.29 is 0 Å². The zero-order chi connectivity index (χ0) is 11.1. The summed E-state index contributed by atoms with van der Waals surface area (Å²) in [6, 6.07) is 0. The number of imidazole rings is 1. The number of aromatic nitrogens is 2. The molecule has 80 valence electrons. The Kier molecular flexibility index (Phi) is 2.29. The Hall–Kier alpha value is -1.31. The molecule has 0 aliphatic heterocycles. The molecule has 0 fully saturated rings. The fourth-order valence-corrected chi connectivity index (χ4v) is 1.59. The maximum atomic E-state index is 4.58. The van der Waals surface area contributed by atoms with Gasteiger partial charge in [-0.1, -0.05) is 39.8 Å². The van der Waals surface area contributed by atoms with E-state index in [9.17, 15) is 0 Å². The zero-order valence-electron chi connectivity index (χ0n) is 9.83. The first-order valence-electron chi connectivity index (χ1n) is 5.46. The predicted molar refractivity (Wildman–Crippen MR) is 64.5 cm³/mol. The van der Waals surface area contributed by atoms with Crippen LogP contribution in [-0.4, -0.2) is 9.97 Å². The third-order valence-electron chi connectivity index (χ3n) is 2.68. The van der Waals surface area contributed by atoms with Crippen LogP contribution >= 0.6 is 0 Å². The summed E-state index contributed by atoms with van der Waals surface area (Å²) in [6.07, 6.45) is 8.64. The highest BCUT2D eigenvalue weighted by Gasteiger charge is 2.15. The number of nitrogens with zero attached hydrogens (tertiary/aromatic N) is 1. The molecule has 1 aliphatic carbocycles. The molecule has 15 heavy (non-hydrogen) atoms. The first-order valence-corrected chi connectivity index (χ1v) is 5.46. The second-order valence-electron chi connectivity index (χ2n) is 5.06. The van der Waals surface area contributed by atoms with E-state index in [-0.39, 0.29) is 5.41 Å². The molecule has 1 aliphatic rings. The Morgan fingerprint density at radius 2 is 1.87 bits per heavy atom. The smallest absolute Gasteiger partial charge is 0.109 e. The molecule has 2 nitrogen and oxygen atoms in total. The van der Waals surface area contributed by atoms with Crippen molar-refractivity contribution in [3.63, 3.8) is 0 Å². The molecule has 1 aromatic rings. The largest absolute Gasteiger partial charge is 0.342 e. The summed E-state index contributed by atoms with van der Waals surface area (Å²) in [5.41, 5.74) is 2.31. The van der Waals surface area contributed by atoms with Gasteiger partial charge >= 0.3 is 0 Å². The molecular formula is C13H18N2. The average Bonchev–Trinajstić information content (AvgIpc) is 2.50. The first-order chi connectivity index (χ1) is 6.98. The van der Waals surface area contributed by atoms with E-state index in [0.29, 0.717) is 5.92 Å². The summed E-state index contributed by atoms with van der Waals surface area (Å²) in [5.74, 6) is 1.51. The van der Waals surface area contributed by atoms with Gasteiger partial charge in [0.25, 0.3) is 0 Å². The van der Waals surface area contributed by atoms with Crippen LogP contribution in [0.1, 0.15) is 50.8 Å². The monoisotopic (exact) mass is 202 g/mol. The highest BCUT2D eigenvalue weighted by molar-refractivity contribution is 5.64. The summed E-state index contributed by atoms with van der Waals surface area (Å²) in [5, 5.41) is 0. The number of aromatic amines is 1.